The minimum atomic E-state index is -0.545. The van der Waals surface area contributed by atoms with Gasteiger partial charge in [-0.05, 0) is 19.1 Å². The molecule has 21 heavy (non-hydrogen) atoms. The first kappa shape index (κ1) is 14.6. The number of amides is 1. The standard InChI is InChI=1S/C14H15N3O4/c1-8-15-7-10(13(18)16-8)14(19)17-9-4-5-11(20-2)12(6-9)21-3/h4-7H,1-3H3,(H,17,19)(H,15,16,18). The van der Waals surface area contributed by atoms with Crippen LogP contribution in [0.2, 0.25) is 0 Å². The molecular formula is C14H15N3O4. The van der Waals surface area contributed by atoms with Crippen LogP contribution in [0.5, 0.6) is 11.5 Å². The number of benzene rings is 1. The highest BCUT2D eigenvalue weighted by atomic mass is 16.5. The highest BCUT2D eigenvalue weighted by Gasteiger charge is 2.13. The van der Waals surface area contributed by atoms with Gasteiger partial charge in [-0.2, -0.15) is 0 Å². The molecule has 0 atom stereocenters. The van der Waals surface area contributed by atoms with Gasteiger partial charge in [0, 0.05) is 18.0 Å². The number of methoxy groups -OCH3 is 2. The summed E-state index contributed by atoms with van der Waals surface area (Å²) >= 11 is 0. The Morgan fingerprint density at radius 1 is 1.24 bits per heavy atom. The lowest BCUT2D eigenvalue weighted by Crippen LogP contribution is -2.24. The lowest BCUT2D eigenvalue weighted by Gasteiger charge is -2.10. The first-order valence-electron chi connectivity index (χ1n) is 6.14. The number of carbonyl (C=O) groups is 1. The Labute approximate surface area is 120 Å². The quantitative estimate of drug-likeness (QED) is 0.886. The Bertz CT molecular complexity index is 724. The molecule has 2 N–H and O–H groups in total. The smallest absolute Gasteiger partial charge is 0.263 e. The third kappa shape index (κ3) is 3.19. The van der Waals surface area contributed by atoms with Crippen molar-refractivity contribution in [3.8, 4) is 11.5 Å². The van der Waals surface area contributed by atoms with Crippen LogP contribution in [0.25, 0.3) is 0 Å². The summed E-state index contributed by atoms with van der Waals surface area (Å²) < 4.78 is 10.3. The summed E-state index contributed by atoms with van der Waals surface area (Å²) in [5, 5.41) is 2.61. The first-order valence-corrected chi connectivity index (χ1v) is 6.14. The number of hydrogen-bond acceptors (Lipinski definition) is 5. The third-order valence-electron chi connectivity index (χ3n) is 2.81. The highest BCUT2D eigenvalue weighted by molar-refractivity contribution is 6.03. The van der Waals surface area contributed by atoms with E-state index in [1.165, 1.54) is 20.4 Å². The van der Waals surface area contributed by atoms with Gasteiger partial charge in [-0.1, -0.05) is 0 Å². The normalized spacial score (nSPS) is 10.0. The van der Waals surface area contributed by atoms with Crippen LogP contribution in [0.4, 0.5) is 5.69 Å². The van der Waals surface area contributed by atoms with Crippen LogP contribution in [0, 0.1) is 6.92 Å². The van der Waals surface area contributed by atoms with E-state index in [1.807, 2.05) is 0 Å². The molecule has 2 rings (SSSR count). The largest absolute Gasteiger partial charge is 0.493 e. The fourth-order valence-corrected chi connectivity index (χ4v) is 1.76. The van der Waals surface area contributed by atoms with Crippen molar-refractivity contribution in [3.05, 3.63) is 46.1 Å². The van der Waals surface area contributed by atoms with Crippen molar-refractivity contribution >= 4 is 11.6 Å². The molecule has 0 saturated heterocycles. The molecule has 0 bridgehead atoms. The van der Waals surface area contributed by atoms with Crippen LogP contribution in [0.1, 0.15) is 16.2 Å². The molecule has 0 saturated carbocycles. The zero-order valence-electron chi connectivity index (χ0n) is 11.9. The summed E-state index contributed by atoms with van der Waals surface area (Å²) in [5.41, 5.74) is -0.0616. The lowest BCUT2D eigenvalue weighted by molar-refractivity contribution is 0.102. The topological polar surface area (TPSA) is 93.3 Å². The van der Waals surface area contributed by atoms with Crippen LogP contribution in [-0.2, 0) is 0 Å². The number of ether oxygens (including phenoxy) is 2. The van der Waals surface area contributed by atoms with Gasteiger partial charge in [0.1, 0.15) is 11.4 Å². The fraction of sp³-hybridized carbons (Fsp3) is 0.214. The fourth-order valence-electron chi connectivity index (χ4n) is 1.76. The molecule has 1 aromatic heterocycles. The van der Waals surface area contributed by atoms with E-state index in [2.05, 4.69) is 15.3 Å². The Hall–Kier alpha value is -2.83. The van der Waals surface area contributed by atoms with Gasteiger partial charge in [-0.3, -0.25) is 9.59 Å². The number of aromatic amines is 1. The second-order valence-corrected chi connectivity index (χ2v) is 4.24. The maximum absolute atomic E-state index is 12.1. The van der Waals surface area contributed by atoms with Gasteiger partial charge in [0.05, 0.1) is 14.2 Å². The van der Waals surface area contributed by atoms with E-state index in [0.717, 1.165) is 0 Å². The predicted molar refractivity (Wildman–Crippen MR) is 77.1 cm³/mol. The van der Waals surface area contributed by atoms with E-state index < -0.39 is 11.5 Å². The van der Waals surface area contributed by atoms with Crippen molar-refractivity contribution in [2.75, 3.05) is 19.5 Å². The number of nitrogens with one attached hydrogen (secondary N) is 2. The second-order valence-electron chi connectivity index (χ2n) is 4.24. The summed E-state index contributed by atoms with van der Waals surface area (Å²) in [4.78, 5) is 30.1. The van der Waals surface area contributed by atoms with E-state index in [-0.39, 0.29) is 5.56 Å². The molecule has 1 amide bonds. The van der Waals surface area contributed by atoms with E-state index in [1.54, 1.807) is 25.1 Å². The molecule has 0 fully saturated rings. The summed E-state index contributed by atoms with van der Waals surface area (Å²) in [5.74, 6) is 0.926. The Balaban J connectivity index is 2.25. The average molecular weight is 289 g/mol. The number of carbonyl (C=O) groups excluding carboxylic acids is 1. The van der Waals surface area contributed by atoms with Gasteiger partial charge in [0.2, 0.25) is 0 Å². The van der Waals surface area contributed by atoms with Crippen LogP contribution < -0.4 is 20.3 Å². The molecular weight excluding hydrogens is 274 g/mol. The molecule has 2 aromatic rings. The van der Waals surface area contributed by atoms with Crippen molar-refractivity contribution in [1.82, 2.24) is 9.97 Å². The van der Waals surface area contributed by atoms with Crippen molar-refractivity contribution in [2.24, 2.45) is 0 Å². The molecule has 0 radical (unpaired) electrons. The monoisotopic (exact) mass is 289 g/mol. The number of hydrogen-bond donors (Lipinski definition) is 2. The van der Waals surface area contributed by atoms with E-state index in [0.29, 0.717) is 23.0 Å². The van der Waals surface area contributed by atoms with Gasteiger partial charge in [-0.15, -0.1) is 0 Å². The number of rotatable bonds is 4. The second kappa shape index (κ2) is 6.08. The van der Waals surface area contributed by atoms with Crippen molar-refractivity contribution < 1.29 is 14.3 Å². The summed E-state index contributed by atoms with van der Waals surface area (Å²) in [6, 6.07) is 4.91. The zero-order valence-corrected chi connectivity index (χ0v) is 11.9. The molecule has 0 spiro atoms. The van der Waals surface area contributed by atoms with Crippen LogP contribution in [0.3, 0.4) is 0 Å². The molecule has 0 unspecified atom stereocenters. The van der Waals surface area contributed by atoms with E-state index in [9.17, 15) is 9.59 Å². The molecule has 110 valence electrons. The van der Waals surface area contributed by atoms with Gasteiger partial charge in [0.15, 0.2) is 11.5 Å². The van der Waals surface area contributed by atoms with Gasteiger partial charge in [0.25, 0.3) is 11.5 Å². The first-order chi connectivity index (χ1) is 10.0. The highest BCUT2D eigenvalue weighted by Crippen LogP contribution is 2.29. The number of nitrogens with zero attached hydrogens (tertiary/aromatic N) is 1. The number of H-pyrrole nitrogens is 1. The average Bonchev–Trinajstić information content (AvgIpc) is 2.46. The molecule has 0 aliphatic heterocycles. The number of aryl methyl sites for hydroxylation is 1. The third-order valence-corrected chi connectivity index (χ3v) is 2.81. The van der Waals surface area contributed by atoms with Gasteiger partial charge < -0.3 is 19.8 Å². The zero-order chi connectivity index (χ0) is 15.4. The molecule has 1 heterocycles. The maximum Gasteiger partial charge on any atom is 0.263 e. The SMILES string of the molecule is COc1ccc(NC(=O)c2cnc(C)[nH]c2=O)cc1OC. The van der Waals surface area contributed by atoms with Gasteiger partial charge in [-0.25, -0.2) is 4.98 Å². The Kier molecular flexibility index (Phi) is 4.22. The minimum Gasteiger partial charge on any atom is -0.493 e. The van der Waals surface area contributed by atoms with E-state index in [4.69, 9.17) is 9.47 Å². The minimum absolute atomic E-state index is 0.0598. The molecule has 7 heteroatoms. The molecule has 0 aliphatic rings. The summed E-state index contributed by atoms with van der Waals surface area (Å²) in [7, 11) is 3.02. The summed E-state index contributed by atoms with van der Waals surface area (Å²) in [6.07, 6.45) is 1.24. The number of anilines is 1. The van der Waals surface area contributed by atoms with Crippen molar-refractivity contribution in [3.63, 3.8) is 0 Å². The van der Waals surface area contributed by atoms with Crippen LogP contribution >= 0.6 is 0 Å². The number of aromatic nitrogens is 2. The Morgan fingerprint density at radius 2 is 1.95 bits per heavy atom. The van der Waals surface area contributed by atoms with E-state index >= 15 is 0 Å². The molecule has 0 aliphatic carbocycles. The molecule has 7 nitrogen and oxygen atoms in total. The predicted octanol–water partition coefficient (Wildman–Crippen LogP) is 1.35. The lowest BCUT2D eigenvalue weighted by atomic mass is 10.2. The van der Waals surface area contributed by atoms with Gasteiger partial charge >= 0.3 is 0 Å². The van der Waals surface area contributed by atoms with Crippen molar-refractivity contribution in [2.45, 2.75) is 6.92 Å². The van der Waals surface area contributed by atoms with Crippen LogP contribution in [-0.4, -0.2) is 30.1 Å². The maximum atomic E-state index is 12.1. The summed E-state index contributed by atoms with van der Waals surface area (Å²) in [6.45, 7) is 1.64. The Morgan fingerprint density at radius 3 is 2.57 bits per heavy atom. The molecule has 1 aromatic carbocycles. The van der Waals surface area contributed by atoms with Crippen LogP contribution in [0.15, 0.2) is 29.2 Å². The van der Waals surface area contributed by atoms with Crippen molar-refractivity contribution in [1.29, 1.82) is 0 Å².